The van der Waals surface area contributed by atoms with Crippen molar-refractivity contribution < 1.29 is 24.1 Å². The van der Waals surface area contributed by atoms with E-state index in [-0.39, 0.29) is 0 Å². The second-order valence-electron chi connectivity index (χ2n) is 5.73. The van der Waals surface area contributed by atoms with Crippen molar-refractivity contribution in [1.82, 2.24) is 0 Å². The Morgan fingerprint density at radius 1 is 0.852 bits per heavy atom. The van der Waals surface area contributed by atoms with E-state index in [4.69, 9.17) is 25.1 Å². The average molecular weight is 365 g/mol. The van der Waals surface area contributed by atoms with Gasteiger partial charge in [-0.2, -0.15) is 0 Å². The zero-order valence-corrected chi connectivity index (χ0v) is 14.5. The third-order valence-electron chi connectivity index (χ3n) is 3.64. The average Bonchev–Trinajstić information content (AvgIpc) is 2.68. The molecular formula is C21H19NO5. The van der Waals surface area contributed by atoms with Gasteiger partial charge in [0.2, 0.25) is 0 Å². The molecule has 0 atom stereocenters. The molecule has 138 valence electrons. The molecule has 0 saturated carbocycles. The summed E-state index contributed by atoms with van der Waals surface area (Å²) in [7, 11) is 0. The number of hydrogen-bond donors (Lipinski definition) is 2. The smallest absolute Gasteiger partial charge is 0.341 e. The van der Waals surface area contributed by atoms with Crippen molar-refractivity contribution >= 4 is 11.7 Å². The van der Waals surface area contributed by atoms with E-state index in [1.807, 2.05) is 42.5 Å². The van der Waals surface area contributed by atoms with Gasteiger partial charge in [0.05, 0.1) is 5.69 Å². The van der Waals surface area contributed by atoms with Crippen LogP contribution in [0.1, 0.15) is 5.56 Å². The number of benzene rings is 3. The van der Waals surface area contributed by atoms with Crippen LogP contribution >= 0.6 is 0 Å². The van der Waals surface area contributed by atoms with E-state index in [0.717, 1.165) is 11.3 Å². The molecule has 0 aliphatic carbocycles. The van der Waals surface area contributed by atoms with Crippen molar-refractivity contribution in [3.63, 3.8) is 0 Å². The lowest BCUT2D eigenvalue weighted by atomic mass is 10.2. The van der Waals surface area contributed by atoms with Crippen molar-refractivity contribution in [2.75, 3.05) is 12.3 Å². The summed E-state index contributed by atoms with van der Waals surface area (Å²) in [6.45, 7) is 0.0654. The van der Waals surface area contributed by atoms with E-state index in [0.29, 0.717) is 29.5 Å². The monoisotopic (exact) mass is 365 g/mol. The first kappa shape index (κ1) is 18.1. The summed E-state index contributed by atoms with van der Waals surface area (Å²) in [5.41, 5.74) is 7.38. The predicted molar refractivity (Wildman–Crippen MR) is 101 cm³/mol. The normalized spacial score (nSPS) is 10.2. The highest BCUT2D eigenvalue weighted by molar-refractivity contribution is 5.68. The molecule has 3 N–H and O–H groups in total. The van der Waals surface area contributed by atoms with E-state index < -0.39 is 12.6 Å². The van der Waals surface area contributed by atoms with Crippen molar-refractivity contribution in [1.29, 1.82) is 0 Å². The molecule has 3 aromatic rings. The maximum atomic E-state index is 10.5. The molecule has 0 spiro atoms. The highest BCUT2D eigenvalue weighted by atomic mass is 16.5. The Bertz CT molecular complexity index is 894. The van der Waals surface area contributed by atoms with Gasteiger partial charge in [-0.25, -0.2) is 4.79 Å². The van der Waals surface area contributed by atoms with Gasteiger partial charge in [-0.05, 0) is 42.0 Å². The molecule has 0 aromatic heterocycles. The molecule has 3 rings (SSSR count). The van der Waals surface area contributed by atoms with Gasteiger partial charge in [-0.1, -0.05) is 30.3 Å². The Labute approximate surface area is 156 Å². The molecule has 0 heterocycles. The van der Waals surface area contributed by atoms with Crippen LogP contribution in [0.5, 0.6) is 23.0 Å². The summed E-state index contributed by atoms with van der Waals surface area (Å²) in [6, 6.07) is 21.9. The summed E-state index contributed by atoms with van der Waals surface area (Å²) < 4.78 is 16.6. The molecule has 0 unspecified atom stereocenters. The number of nitrogen functional groups attached to an aromatic ring is 1. The Hall–Kier alpha value is -3.67. The molecular weight excluding hydrogens is 346 g/mol. The summed E-state index contributed by atoms with van der Waals surface area (Å²) in [5.74, 6) is 1.11. The van der Waals surface area contributed by atoms with Crippen LogP contribution in [-0.2, 0) is 11.4 Å². The van der Waals surface area contributed by atoms with E-state index in [2.05, 4.69) is 0 Å². The van der Waals surface area contributed by atoms with Crippen molar-refractivity contribution in [2.45, 2.75) is 6.61 Å². The lowest BCUT2D eigenvalue weighted by molar-refractivity contribution is -0.139. The number of rotatable bonds is 8. The largest absolute Gasteiger partial charge is 0.489 e. The van der Waals surface area contributed by atoms with E-state index in [9.17, 15) is 4.79 Å². The fraction of sp³-hybridized carbons (Fsp3) is 0.0952. The Kier molecular flexibility index (Phi) is 5.79. The molecule has 3 aromatic carbocycles. The van der Waals surface area contributed by atoms with Gasteiger partial charge in [0.15, 0.2) is 12.4 Å². The number of nitrogens with two attached hydrogens (primary N) is 1. The second kappa shape index (κ2) is 8.62. The number of hydrogen-bond acceptors (Lipinski definition) is 5. The van der Waals surface area contributed by atoms with Crippen molar-refractivity contribution in [3.8, 4) is 23.0 Å². The summed E-state index contributed by atoms with van der Waals surface area (Å²) in [4.78, 5) is 10.5. The van der Waals surface area contributed by atoms with Crippen LogP contribution in [0.3, 0.4) is 0 Å². The molecule has 0 aliphatic heterocycles. The molecule has 0 amide bonds. The van der Waals surface area contributed by atoms with Crippen LogP contribution in [-0.4, -0.2) is 17.7 Å². The standard InChI is InChI=1S/C21H19NO5/c22-19-12-18(26-14-21(23)24)10-11-20(19)27-17-8-6-16(7-9-17)25-13-15-4-2-1-3-5-15/h1-12H,13-14,22H2,(H,23,24). The van der Waals surface area contributed by atoms with Gasteiger partial charge < -0.3 is 25.1 Å². The quantitative estimate of drug-likeness (QED) is 0.584. The van der Waals surface area contributed by atoms with Gasteiger partial charge >= 0.3 is 5.97 Å². The number of anilines is 1. The van der Waals surface area contributed by atoms with Gasteiger partial charge in [-0.15, -0.1) is 0 Å². The van der Waals surface area contributed by atoms with Gasteiger partial charge in [-0.3, -0.25) is 0 Å². The highest BCUT2D eigenvalue weighted by Gasteiger charge is 2.06. The van der Waals surface area contributed by atoms with E-state index >= 15 is 0 Å². The van der Waals surface area contributed by atoms with Crippen LogP contribution in [0.25, 0.3) is 0 Å². The maximum absolute atomic E-state index is 10.5. The van der Waals surface area contributed by atoms with Crippen LogP contribution in [0, 0.1) is 0 Å². The van der Waals surface area contributed by atoms with Crippen LogP contribution in [0.2, 0.25) is 0 Å². The molecule has 0 aliphatic rings. The topological polar surface area (TPSA) is 91.0 Å². The first-order valence-electron chi connectivity index (χ1n) is 8.29. The third-order valence-corrected chi connectivity index (χ3v) is 3.64. The highest BCUT2D eigenvalue weighted by Crippen LogP contribution is 2.31. The zero-order valence-electron chi connectivity index (χ0n) is 14.5. The van der Waals surface area contributed by atoms with Crippen LogP contribution < -0.4 is 19.9 Å². The molecule has 6 heteroatoms. The van der Waals surface area contributed by atoms with E-state index in [1.165, 1.54) is 6.07 Å². The lowest BCUT2D eigenvalue weighted by Gasteiger charge is -2.11. The van der Waals surface area contributed by atoms with Crippen molar-refractivity contribution in [2.24, 2.45) is 0 Å². The first-order chi connectivity index (χ1) is 13.1. The number of aliphatic carboxylic acids is 1. The molecule has 27 heavy (non-hydrogen) atoms. The lowest BCUT2D eigenvalue weighted by Crippen LogP contribution is -2.09. The summed E-state index contributed by atoms with van der Waals surface area (Å²) >= 11 is 0. The Balaban J connectivity index is 1.58. The Morgan fingerprint density at radius 3 is 2.19 bits per heavy atom. The SMILES string of the molecule is Nc1cc(OCC(=O)O)ccc1Oc1ccc(OCc2ccccc2)cc1. The predicted octanol–water partition coefficient (Wildman–Crippen LogP) is 4.10. The number of carboxylic acids is 1. The molecule has 6 nitrogen and oxygen atoms in total. The zero-order chi connectivity index (χ0) is 19.1. The first-order valence-corrected chi connectivity index (χ1v) is 8.29. The minimum atomic E-state index is -1.05. The van der Waals surface area contributed by atoms with Gasteiger partial charge in [0, 0.05) is 6.07 Å². The minimum Gasteiger partial charge on any atom is -0.489 e. The third kappa shape index (κ3) is 5.40. The number of carboxylic acid groups (broad SMARTS) is 1. The minimum absolute atomic E-state index is 0.349. The maximum Gasteiger partial charge on any atom is 0.341 e. The van der Waals surface area contributed by atoms with Gasteiger partial charge in [0.1, 0.15) is 23.9 Å². The fourth-order valence-corrected chi connectivity index (χ4v) is 2.33. The second-order valence-corrected chi connectivity index (χ2v) is 5.73. The molecule has 0 saturated heterocycles. The summed E-state index contributed by atoms with van der Waals surface area (Å²) in [6.07, 6.45) is 0. The fourth-order valence-electron chi connectivity index (χ4n) is 2.33. The molecule has 0 bridgehead atoms. The molecule has 0 fully saturated rings. The number of carbonyl (C=O) groups is 1. The van der Waals surface area contributed by atoms with Crippen LogP contribution in [0.15, 0.2) is 72.8 Å². The van der Waals surface area contributed by atoms with Crippen molar-refractivity contribution in [3.05, 3.63) is 78.4 Å². The summed E-state index contributed by atoms with van der Waals surface area (Å²) in [5, 5.41) is 8.63. The Morgan fingerprint density at radius 2 is 1.52 bits per heavy atom. The van der Waals surface area contributed by atoms with E-state index in [1.54, 1.807) is 24.3 Å². The van der Waals surface area contributed by atoms with Gasteiger partial charge in [0.25, 0.3) is 0 Å². The molecule has 0 radical (unpaired) electrons. The van der Waals surface area contributed by atoms with Crippen LogP contribution in [0.4, 0.5) is 5.69 Å². The number of ether oxygens (including phenoxy) is 3.